The van der Waals surface area contributed by atoms with Crippen molar-refractivity contribution in [3.8, 4) is 0 Å². The summed E-state index contributed by atoms with van der Waals surface area (Å²) < 4.78 is 6.71. The van der Waals surface area contributed by atoms with Gasteiger partial charge in [-0.05, 0) is 44.2 Å². The zero-order valence-electron chi connectivity index (χ0n) is 28.1. The SMILES string of the molecule is COC1=C(C(C)(C)C)C=C2[CH-]C(C)(C)C=C2C1(c1ccccc1)C1C(c2ccc(C(C)(C)C)cc2)=Cc2ccccc21.[Cl-].[Cl-].[Zr+3]. The Morgan fingerprint density at radius 3 is 1.91 bits per heavy atom. The Labute approximate surface area is 303 Å². The second kappa shape index (κ2) is 13.1. The summed E-state index contributed by atoms with van der Waals surface area (Å²) in [4.78, 5) is 0. The van der Waals surface area contributed by atoms with Crippen LogP contribution in [0.4, 0.5) is 0 Å². The van der Waals surface area contributed by atoms with Crippen LogP contribution in [0.5, 0.6) is 0 Å². The number of rotatable bonds is 4. The predicted octanol–water partition coefficient (Wildman–Crippen LogP) is 4.62. The number of hydrogen-bond acceptors (Lipinski definition) is 1. The molecular weight excluding hydrogens is 671 g/mol. The smallest absolute Gasteiger partial charge is 1.00 e. The molecule has 0 amide bonds. The van der Waals surface area contributed by atoms with Crippen molar-refractivity contribution in [3.63, 3.8) is 0 Å². The van der Waals surface area contributed by atoms with E-state index in [2.05, 4.69) is 159 Å². The first-order valence-corrected chi connectivity index (χ1v) is 15.3. The normalized spacial score (nSPS) is 21.4. The van der Waals surface area contributed by atoms with Crippen LogP contribution < -0.4 is 24.8 Å². The molecule has 3 aromatic rings. The van der Waals surface area contributed by atoms with Gasteiger partial charge in [-0.15, -0.1) is 11.6 Å². The van der Waals surface area contributed by atoms with Crippen molar-refractivity contribution in [1.82, 2.24) is 0 Å². The number of fused-ring (bicyclic) bond motifs is 2. The Morgan fingerprint density at radius 1 is 0.733 bits per heavy atom. The number of methoxy groups -OCH3 is 1. The van der Waals surface area contributed by atoms with Gasteiger partial charge in [0.15, 0.2) is 0 Å². The van der Waals surface area contributed by atoms with E-state index in [-0.39, 0.29) is 73.2 Å². The Balaban J connectivity index is 0.00000184. The van der Waals surface area contributed by atoms with E-state index >= 15 is 0 Å². The molecule has 1 radical (unpaired) electrons. The van der Waals surface area contributed by atoms with Gasteiger partial charge < -0.3 is 29.6 Å². The molecule has 233 valence electrons. The molecule has 0 N–H and O–H groups in total. The number of ether oxygens (including phenoxy) is 1. The Hall–Kier alpha value is -2.25. The fraction of sp³-hybridized carbons (Fsp3) is 0.341. The van der Waals surface area contributed by atoms with Crippen LogP contribution in [0.2, 0.25) is 0 Å². The second-order valence-electron chi connectivity index (χ2n) is 15.0. The van der Waals surface area contributed by atoms with Crippen LogP contribution in [0, 0.1) is 17.3 Å². The maximum absolute atomic E-state index is 6.71. The summed E-state index contributed by atoms with van der Waals surface area (Å²) >= 11 is 0. The molecule has 0 fully saturated rings. The molecule has 3 aliphatic rings. The molecule has 0 saturated heterocycles. The topological polar surface area (TPSA) is 9.23 Å². The molecule has 2 atom stereocenters. The number of hydrogen-bond donors (Lipinski definition) is 0. The van der Waals surface area contributed by atoms with E-state index in [1.165, 1.54) is 50.1 Å². The second-order valence-corrected chi connectivity index (χ2v) is 15.0. The summed E-state index contributed by atoms with van der Waals surface area (Å²) in [5, 5.41) is 0. The minimum absolute atomic E-state index is 0. The molecule has 0 bridgehead atoms. The third kappa shape index (κ3) is 6.25. The van der Waals surface area contributed by atoms with Gasteiger partial charge >= 0.3 is 26.2 Å². The van der Waals surface area contributed by atoms with Crippen molar-refractivity contribution in [3.05, 3.63) is 148 Å². The molecule has 4 heteroatoms. The van der Waals surface area contributed by atoms with E-state index in [1.807, 2.05) is 7.11 Å². The molecule has 3 aliphatic carbocycles. The molecule has 1 nitrogen and oxygen atoms in total. The molecule has 3 aromatic carbocycles. The third-order valence-electron chi connectivity index (χ3n) is 9.37. The molecule has 0 aromatic heterocycles. The van der Waals surface area contributed by atoms with Gasteiger partial charge in [0.2, 0.25) is 0 Å². The van der Waals surface area contributed by atoms with Crippen molar-refractivity contribution in [2.24, 2.45) is 10.8 Å². The first-order valence-electron chi connectivity index (χ1n) is 15.3. The van der Waals surface area contributed by atoms with Crippen molar-refractivity contribution in [2.45, 2.75) is 72.1 Å². The van der Waals surface area contributed by atoms with E-state index < -0.39 is 5.41 Å². The molecule has 0 aliphatic heterocycles. The minimum atomic E-state index is -0.548. The van der Waals surface area contributed by atoms with Gasteiger partial charge in [0, 0.05) is 11.3 Å². The van der Waals surface area contributed by atoms with Crippen LogP contribution in [0.3, 0.4) is 0 Å². The zero-order chi connectivity index (χ0) is 30.1. The van der Waals surface area contributed by atoms with Gasteiger partial charge in [-0.25, -0.2) is 0 Å². The van der Waals surface area contributed by atoms with Crippen molar-refractivity contribution in [2.75, 3.05) is 7.11 Å². The fourth-order valence-corrected chi connectivity index (χ4v) is 7.46. The molecule has 0 spiro atoms. The van der Waals surface area contributed by atoms with Crippen LogP contribution in [-0.4, -0.2) is 7.11 Å². The Kier molecular flexibility index (Phi) is 10.8. The van der Waals surface area contributed by atoms with Gasteiger partial charge in [0.25, 0.3) is 0 Å². The molecular formula is C41H45Cl2OZr. The number of benzene rings is 3. The van der Waals surface area contributed by atoms with Crippen LogP contribution in [0.1, 0.15) is 89.1 Å². The zero-order valence-corrected chi connectivity index (χ0v) is 32.0. The van der Waals surface area contributed by atoms with Crippen molar-refractivity contribution < 1.29 is 55.8 Å². The third-order valence-corrected chi connectivity index (χ3v) is 9.37. The fourth-order valence-electron chi connectivity index (χ4n) is 7.46. The summed E-state index contributed by atoms with van der Waals surface area (Å²) in [6.07, 6.45) is 9.80. The largest absolute Gasteiger partial charge is 3.00 e. The van der Waals surface area contributed by atoms with E-state index in [1.54, 1.807) is 0 Å². The van der Waals surface area contributed by atoms with Gasteiger partial charge in [-0.2, -0.15) is 18.1 Å². The van der Waals surface area contributed by atoms with E-state index in [0.717, 1.165) is 5.76 Å². The molecule has 6 rings (SSSR count). The van der Waals surface area contributed by atoms with Gasteiger partial charge in [-0.1, -0.05) is 151 Å². The van der Waals surface area contributed by atoms with Crippen LogP contribution in [0.15, 0.2) is 113 Å². The molecule has 45 heavy (non-hydrogen) atoms. The van der Waals surface area contributed by atoms with Gasteiger partial charge in [0.1, 0.15) is 0 Å². The Morgan fingerprint density at radius 2 is 1.33 bits per heavy atom. The van der Waals surface area contributed by atoms with E-state index in [9.17, 15) is 0 Å². The van der Waals surface area contributed by atoms with E-state index in [0.29, 0.717) is 0 Å². The molecule has 0 heterocycles. The van der Waals surface area contributed by atoms with Crippen LogP contribution >= 0.6 is 0 Å². The monoisotopic (exact) mass is 713 g/mol. The molecule has 0 saturated carbocycles. The van der Waals surface area contributed by atoms with Crippen molar-refractivity contribution >= 4 is 11.6 Å². The number of halogens is 2. The summed E-state index contributed by atoms with van der Waals surface area (Å²) in [7, 11) is 1.88. The standard InChI is InChI=1S/C41H45O.2ClH.Zr/c1-38(2,3)30-21-19-27(20-22-30)33-23-28-15-13-14-18-32(28)36(33)41(31-16-11-10-12-17-31)35-26-40(7,8)25-29(35)24-34(37(41)42-9)39(4,5)6;;;/h10-26,36H,1-9H3;2*1H;/q-1;;;+3/p-2. The summed E-state index contributed by atoms with van der Waals surface area (Å²) in [6.45, 7) is 18.4. The first-order chi connectivity index (χ1) is 19.8. The van der Waals surface area contributed by atoms with Crippen molar-refractivity contribution in [1.29, 1.82) is 0 Å². The average molecular weight is 716 g/mol. The van der Waals surface area contributed by atoms with Gasteiger partial charge in [-0.3, -0.25) is 0 Å². The van der Waals surface area contributed by atoms with Crippen LogP contribution in [-0.2, 0) is 41.8 Å². The maximum atomic E-state index is 6.71. The van der Waals surface area contributed by atoms with Crippen LogP contribution in [0.25, 0.3) is 11.6 Å². The maximum Gasteiger partial charge on any atom is 3.00 e. The number of allylic oxidation sites excluding steroid dienone is 6. The Bertz CT molecular complexity index is 1660. The summed E-state index contributed by atoms with van der Waals surface area (Å²) in [5.74, 6) is 1.09. The van der Waals surface area contributed by atoms with E-state index in [4.69, 9.17) is 4.74 Å². The quantitative estimate of drug-likeness (QED) is 0.359. The molecule has 2 unspecified atom stereocenters. The average Bonchev–Trinajstić information content (AvgIpc) is 3.48. The first kappa shape index (κ1) is 37.2. The summed E-state index contributed by atoms with van der Waals surface area (Å²) in [6, 6.07) is 29.4. The van der Waals surface area contributed by atoms with Gasteiger partial charge in [0.05, 0.1) is 12.9 Å². The minimum Gasteiger partial charge on any atom is -1.00 e. The predicted molar refractivity (Wildman–Crippen MR) is 178 cm³/mol. The summed E-state index contributed by atoms with van der Waals surface area (Å²) in [5.41, 5.74) is 11.2.